The van der Waals surface area contributed by atoms with Crippen molar-refractivity contribution in [1.82, 2.24) is 4.90 Å². The molecule has 2 rings (SSSR count). The molecule has 1 aliphatic heterocycles. The van der Waals surface area contributed by atoms with Crippen molar-refractivity contribution in [2.24, 2.45) is 5.73 Å². The molecule has 2 N–H and O–H groups in total. The van der Waals surface area contributed by atoms with Gasteiger partial charge in [-0.25, -0.2) is 4.39 Å². The Morgan fingerprint density at radius 1 is 1.61 bits per heavy atom. The van der Waals surface area contributed by atoms with E-state index < -0.39 is 0 Å². The number of likely N-dealkylation sites (tertiary alicyclic amines) is 1. The van der Waals surface area contributed by atoms with Crippen LogP contribution in [-0.2, 0) is 11.3 Å². The first-order valence-electron chi connectivity index (χ1n) is 5.93. The third-order valence-corrected chi connectivity index (χ3v) is 3.48. The Hall–Kier alpha value is -1.04. The Morgan fingerprint density at radius 2 is 2.39 bits per heavy atom. The zero-order chi connectivity index (χ0) is 13.1. The molecule has 1 atom stereocenters. The first kappa shape index (κ1) is 13.4. The summed E-state index contributed by atoms with van der Waals surface area (Å²) in [6.07, 6.45) is 1.35. The van der Waals surface area contributed by atoms with Gasteiger partial charge in [0, 0.05) is 32.3 Å². The smallest absolute Gasteiger partial charge is 0.133 e. The molecule has 3 nitrogen and oxygen atoms in total. The standard InChI is InChI=1S/C13H17FN2OS/c1-17-10-4-5-16(8-10)7-9-2-3-12(14)11(6-9)13(15)18/h2-3,6,10H,4-5,7-8H2,1H3,(H2,15,18). The van der Waals surface area contributed by atoms with Gasteiger partial charge in [0.2, 0.25) is 0 Å². The van der Waals surface area contributed by atoms with E-state index in [9.17, 15) is 4.39 Å². The highest BCUT2D eigenvalue weighted by Crippen LogP contribution is 2.17. The number of halogens is 1. The van der Waals surface area contributed by atoms with E-state index in [1.807, 2.05) is 0 Å². The van der Waals surface area contributed by atoms with Gasteiger partial charge in [-0.05, 0) is 24.1 Å². The first-order chi connectivity index (χ1) is 8.60. The van der Waals surface area contributed by atoms with Gasteiger partial charge in [-0.3, -0.25) is 4.90 Å². The highest BCUT2D eigenvalue weighted by Gasteiger charge is 2.22. The van der Waals surface area contributed by atoms with Crippen molar-refractivity contribution >= 4 is 17.2 Å². The number of ether oxygens (including phenoxy) is 1. The molecule has 0 saturated carbocycles. The summed E-state index contributed by atoms with van der Waals surface area (Å²) in [4.78, 5) is 2.38. The Labute approximate surface area is 112 Å². The number of hydrogen-bond donors (Lipinski definition) is 1. The highest BCUT2D eigenvalue weighted by molar-refractivity contribution is 7.80. The van der Waals surface area contributed by atoms with Gasteiger partial charge in [-0.2, -0.15) is 0 Å². The van der Waals surface area contributed by atoms with Gasteiger partial charge < -0.3 is 10.5 Å². The van der Waals surface area contributed by atoms with Gasteiger partial charge in [0.25, 0.3) is 0 Å². The average molecular weight is 268 g/mol. The van der Waals surface area contributed by atoms with Gasteiger partial charge in [0.1, 0.15) is 10.8 Å². The van der Waals surface area contributed by atoms with Gasteiger partial charge in [-0.15, -0.1) is 0 Å². The molecule has 1 heterocycles. The van der Waals surface area contributed by atoms with Crippen molar-refractivity contribution in [2.45, 2.75) is 19.1 Å². The lowest BCUT2D eigenvalue weighted by Crippen LogP contribution is -2.22. The molecule has 0 aliphatic carbocycles. The van der Waals surface area contributed by atoms with Crippen LogP contribution in [0.1, 0.15) is 17.5 Å². The van der Waals surface area contributed by atoms with E-state index in [1.54, 1.807) is 19.2 Å². The number of methoxy groups -OCH3 is 1. The van der Waals surface area contributed by atoms with Crippen LogP contribution < -0.4 is 5.73 Å². The molecule has 1 unspecified atom stereocenters. The second kappa shape index (κ2) is 5.73. The van der Waals surface area contributed by atoms with Crippen LogP contribution in [0.25, 0.3) is 0 Å². The quantitative estimate of drug-likeness (QED) is 0.843. The third-order valence-electron chi connectivity index (χ3n) is 3.26. The zero-order valence-corrected chi connectivity index (χ0v) is 11.2. The third kappa shape index (κ3) is 3.04. The molecule has 0 aromatic heterocycles. The molecule has 98 valence electrons. The molecule has 1 fully saturated rings. The van der Waals surface area contributed by atoms with Gasteiger partial charge in [0.15, 0.2) is 0 Å². The van der Waals surface area contributed by atoms with Crippen LogP contribution in [-0.4, -0.2) is 36.2 Å². The van der Waals surface area contributed by atoms with E-state index in [2.05, 4.69) is 4.90 Å². The number of hydrogen-bond acceptors (Lipinski definition) is 3. The van der Waals surface area contributed by atoms with E-state index in [4.69, 9.17) is 22.7 Å². The molecule has 0 spiro atoms. The normalized spacial score (nSPS) is 20.2. The molecular formula is C13H17FN2OS. The highest BCUT2D eigenvalue weighted by atomic mass is 32.1. The molecule has 0 amide bonds. The van der Waals surface area contributed by atoms with Crippen molar-refractivity contribution < 1.29 is 9.13 Å². The van der Waals surface area contributed by atoms with Crippen LogP contribution in [0.4, 0.5) is 4.39 Å². The molecule has 0 radical (unpaired) electrons. The predicted octanol–water partition coefficient (Wildman–Crippen LogP) is 1.68. The van der Waals surface area contributed by atoms with Crippen molar-refractivity contribution in [3.05, 3.63) is 35.1 Å². The van der Waals surface area contributed by atoms with E-state index in [0.29, 0.717) is 11.7 Å². The minimum absolute atomic E-state index is 0.102. The molecule has 5 heteroatoms. The molecule has 1 saturated heterocycles. The molecule has 18 heavy (non-hydrogen) atoms. The average Bonchev–Trinajstić information content (AvgIpc) is 2.79. The zero-order valence-electron chi connectivity index (χ0n) is 10.4. The topological polar surface area (TPSA) is 38.5 Å². The van der Waals surface area contributed by atoms with Gasteiger partial charge in [-0.1, -0.05) is 18.3 Å². The summed E-state index contributed by atoms with van der Waals surface area (Å²) >= 11 is 4.83. The van der Waals surface area contributed by atoms with E-state index in [-0.39, 0.29) is 10.8 Å². The maximum atomic E-state index is 13.4. The molecular weight excluding hydrogens is 251 g/mol. The predicted molar refractivity (Wildman–Crippen MR) is 73.0 cm³/mol. The SMILES string of the molecule is COC1CCN(Cc2ccc(F)c(C(N)=S)c2)C1. The van der Waals surface area contributed by atoms with Crippen LogP contribution in [0.2, 0.25) is 0 Å². The molecule has 1 aromatic rings. The van der Waals surface area contributed by atoms with Crippen molar-refractivity contribution in [3.8, 4) is 0 Å². The number of nitrogens with zero attached hydrogens (tertiary/aromatic N) is 1. The van der Waals surface area contributed by atoms with Gasteiger partial charge >= 0.3 is 0 Å². The van der Waals surface area contributed by atoms with Crippen LogP contribution >= 0.6 is 12.2 Å². The lowest BCUT2D eigenvalue weighted by Gasteiger charge is -2.16. The van der Waals surface area contributed by atoms with Crippen molar-refractivity contribution in [2.75, 3.05) is 20.2 Å². The Bertz CT molecular complexity index is 453. The fourth-order valence-corrected chi connectivity index (χ4v) is 2.41. The van der Waals surface area contributed by atoms with Crippen molar-refractivity contribution in [1.29, 1.82) is 0 Å². The maximum Gasteiger partial charge on any atom is 0.133 e. The summed E-state index contributed by atoms with van der Waals surface area (Å²) in [6.45, 7) is 2.68. The summed E-state index contributed by atoms with van der Waals surface area (Å²) < 4.78 is 18.8. The number of benzene rings is 1. The summed E-state index contributed by atoms with van der Waals surface area (Å²) in [6, 6.07) is 4.93. The lowest BCUT2D eigenvalue weighted by atomic mass is 10.1. The Kier molecular flexibility index (Phi) is 4.27. The van der Waals surface area contributed by atoms with E-state index in [0.717, 1.165) is 31.6 Å². The second-order valence-corrected chi connectivity index (χ2v) is 5.00. The Morgan fingerprint density at radius 3 is 3.00 bits per heavy atom. The molecule has 0 bridgehead atoms. The fourth-order valence-electron chi connectivity index (χ4n) is 2.25. The van der Waals surface area contributed by atoms with Crippen LogP contribution in [0.15, 0.2) is 18.2 Å². The monoisotopic (exact) mass is 268 g/mol. The van der Waals surface area contributed by atoms with Gasteiger partial charge in [0.05, 0.1) is 6.10 Å². The minimum atomic E-state index is -0.359. The van der Waals surface area contributed by atoms with E-state index >= 15 is 0 Å². The maximum absolute atomic E-state index is 13.4. The Balaban J connectivity index is 2.06. The van der Waals surface area contributed by atoms with Crippen LogP contribution in [0.3, 0.4) is 0 Å². The summed E-state index contributed by atoms with van der Waals surface area (Å²) in [7, 11) is 1.73. The summed E-state index contributed by atoms with van der Waals surface area (Å²) in [5, 5.41) is 0. The largest absolute Gasteiger partial charge is 0.389 e. The fraction of sp³-hybridized carbons (Fsp3) is 0.462. The van der Waals surface area contributed by atoms with Crippen LogP contribution in [0.5, 0.6) is 0 Å². The molecule has 1 aliphatic rings. The lowest BCUT2D eigenvalue weighted by molar-refractivity contribution is 0.107. The number of rotatable bonds is 4. The van der Waals surface area contributed by atoms with Crippen molar-refractivity contribution in [3.63, 3.8) is 0 Å². The number of thiocarbonyl (C=S) groups is 1. The van der Waals surface area contributed by atoms with Crippen LogP contribution in [0, 0.1) is 5.82 Å². The number of nitrogens with two attached hydrogens (primary N) is 1. The summed E-state index contributed by atoms with van der Waals surface area (Å²) in [5.41, 5.74) is 6.84. The summed E-state index contributed by atoms with van der Waals surface area (Å²) in [5.74, 6) is -0.359. The second-order valence-electron chi connectivity index (χ2n) is 4.56. The minimum Gasteiger partial charge on any atom is -0.389 e. The molecule has 1 aromatic carbocycles. The van der Waals surface area contributed by atoms with E-state index in [1.165, 1.54) is 6.07 Å². The first-order valence-corrected chi connectivity index (χ1v) is 6.34.